The number of aryl methyl sites for hydroxylation is 1. The first-order chi connectivity index (χ1) is 12.3. The number of benzene rings is 1. The van der Waals surface area contributed by atoms with Crippen molar-refractivity contribution in [3.05, 3.63) is 41.9 Å². The second-order valence-electron chi connectivity index (χ2n) is 6.26. The van der Waals surface area contributed by atoms with Crippen LogP contribution < -0.4 is 4.90 Å². The lowest BCUT2D eigenvalue weighted by molar-refractivity contribution is -0.137. The molecule has 0 aliphatic carbocycles. The molecule has 6 nitrogen and oxygen atoms in total. The second kappa shape index (κ2) is 5.94. The van der Waals surface area contributed by atoms with E-state index < -0.39 is 11.7 Å². The molecule has 4 rings (SSSR count). The van der Waals surface area contributed by atoms with Crippen LogP contribution in [0.15, 0.2) is 24.5 Å². The summed E-state index contributed by atoms with van der Waals surface area (Å²) in [7, 11) is 0. The van der Waals surface area contributed by atoms with E-state index in [0.29, 0.717) is 59.3 Å². The summed E-state index contributed by atoms with van der Waals surface area (Å²) in [5.41, 5.74) is 0.995. The van der Waals surface area contributed by atoms with Gasteiger partial charge in [-0.25, -0.2) is 9.97 Å². The number of aliphatic hydroxyl groups excluding tert-OH is 1. The number of nitrogens with zero attached hydrogens (tertiary/aromatic N) is 4. The summed E-state index contributed by atoms with van der Waals surface area (Å²) in [5, 5.41) is 16.6. The predicted molar refractivity (Wildman–Crippen MR) is 88.9 cm³/mol. The summed E-state index contributed by atoms with van der Waals surface area (Å²) in [6.45, 7) is 2.71. The summed E-state index contributed by atoms with van der Waals surface area (Å²) in [6, 6.07) is 2.14. The molecule has 135 valence electrons. The first-order valence-electron chi connectivity index (χ1n) is 8.00. The number of aromatic nitrogens is 4. The monoisotopic (exact) mass is 362 g/mol. The number of alkyl halides is 3. The molecule has 3 aromatic rings. The van der Waals surface area contributed by atoms with Crippen LogP contribution in [0.5, 0.6) is 0 Å². The van der Waals surface area contributed by atoms with Crippen LogP contribution in [0, 0.1) is 13.0 Å². The third-order valence-electron chi connectivity index (χ3n) is 4.47. The smallest absolute Gasteiger partial charge is 0.385 e. The first kappa shape index (κ1) is 16.8. The van der Waals surface area contributed by atoms with Crippen molar-refractivity contribution in [2.45, 2.75) is 19.5 Å². The predicted octanol–water partition coefficient (Wildman–Crippen LogP) is 3.46. The van der Waals surface area contributed by atoms with E-state index >= 15 is 0 Å². The minimum atomic E-state index is -4.47. The Morgan fingerprint density at radius 3 is 2.65 bits per heavy atom. The molecule has 3 heterocycles. The standard InChI is InChI=1S/C17H15F3N5O/c1-9-13(6-21-16(23-9)25-3-2-11(26)8-25)12-4-10(17(18,19)20)5-15-14(12)7-22-24-15/h4-7,26H,2-3,8H2,1H3,(H,22,24). The molecule has 2 N–H and O–H groups in total. The Kier molecular flexibility index (Phi) is 3.83. The largest absolute Gasteiger partial charge is 0.416 e. The van der Waals surface area contributed by atoms with Crippen LogP contribution >= 0.6 is 0 Å². The van der Waals surface area contributed by atoms with Crippen LogP contribution in [-0.2, 0) is 6.18 Å². The topological polar surface area (TPSA) is 77.9 Å². The average molecular weight is 362 g/mol. The Morgan fingerprint density at radius 1 is 1.19 bits per heavy atom. The van der Waals surface area contributed by atoms with Crippen LogP contribution in [-0.4, -0.2) is 38.4 Å². The average Bonchev–Trinajstić information content (AvgIpc) is 3.21. The Labute approximate surface area is 146 Å². The zero-order chi connectivity index (χ0) is 18.5. The van der Waals surface area contributed by atoms with Crippen LogP contribution in [0.2, 0.25) is 0 Å². The van der Waals surface area contributed by atoms with Gasteiger partial charge in [0.05, 0.1) is 29.5 Å². The van der Waals surface area contributed by atoms with Gasteiger partial charge in [0.2, 0.25) is 5.95 Å². The molecule has 1 radical (unpaired) electrons. The number of H-pyrrole nitrogens is 1. The molecule has 1 fully saturated rings. The van der Waals surface area contributed by atoms with E-state index in [1.54, 1.807) is 6.92 Å². The van der Waals surface area contributed by atoms with Gasteiger partial charge in [0, 0.05) is 23.7 Å². The molecule has 0 atom stereocenters. The second-order valence-corrected chi connectivity index (χ2v) is 6.26. The molecule has 26 heavy (non-hydrogen) atoms. The van der Waals surface area contributed by atoms with Gasteiger partial charge in [0.25, 0.3) is 0 Å². The van der Waals surface area contributed by atoms with Gasteiger partial charge in [-0.15, -0.1) is 0 Å². The van der Waals surface area contributed by atoms with E-state index in [1.165, 1.54) is 12.4 Å². The minimum absolute atomic E-state index is 0.303. The van der Waals surface area contributed by atoms with E-state index in [-0.39, 0.29) is 0 Å². The summed E-state index contributed by atoms with van der Waals surface area (Å²) in [4.78, 5) is 10.5. The van der Waals surface area contributed by atoms with E-state index in [0.717, 1.165) is 12.1 Å². The number of aromatic amines is 1. The highest BCUT2D eigenvalue weighted by molar-refractivity contribution is 5.95. The molecule has 0 spiro atoms. The number of hydrogen-bond acceptors (Lipinski definition) is 5. The van der Waals surface area contributed by atoms with Gasteiger partial charge in [-0.05, 0) is 31.0 Å². The number of fused-ring (bicyclic) bond motifs is 1. The van der Waals surface area contributed by atoms with Crippen molar-refractivity contribution in [1.29, 1.82) is 0 Å². The summed E-state index contributed by atoms with van der Waals surface area (Å²) in [5.74, 6) is 0.450. The van der Waals surface area contributed by atoms with Gasteiger partial charge >= 0.3 is 6.18 Å². The maximum atomic E-state index is 13.2. The van der Waals surface area contributed by atoms with Crippen LogP contribution in [0.3, 0.4) is 0 Å². The van der Waals surface area contributed by atoms with Crippen molar-refractivity contribution >= 4 is 16.9 Å². The van der Waals surface area contributed by atoms with Crippen molar-refractivity contribution in [2.24, 2.45) is 0 Å². The van der Waals surface area contributed by atoms with Gasteiger partial charge in [-0.1, -0.05) is 0 Å². The van der Waals surface area contributed by atoms with E-state index in [9.17, 15) is 18.3 Å². The SMILES string of the molecule is Cc1nc(N2CC[C](O)C2)ncc1-c1cc(C(F)(F)F)cc2[nH]ncc12. The fraction of sp³-hybridized carbons (Fsp3) is 0.294. The minimum Gasteiger partial charge on any atom is -0.385 e. The molecule has 1 saturated heterocycles. The Hall–Kier alpha value is -2.68. The maximum Gasteiger partial charge on any atom is 0.416 e. The molecular formula is C17H15F3N5O. The van der Waals surface area contributed by atoms with E-state index in [2.05, 4.69) is 20.2 Å². The normalized spacial score (nSPS) is 16.0. The van der Waals surface area contributed by atoms with Crippen molar-refractivity contribution in [1.82, 2.24) is 20.2 Å². The van der Waals surface area contributed by atoms with Gasteiger partial charge in [0.15, 0.2) is 0 Å². The molecule has 1 aliphatic rings. The zero-order valence-electron chi connectivity index (χ0n) is 13.8. The van der Waals surface area contributed by atoms with Crippen molar-refractivity contribution in [2.75, 3.05) is 18.0 Å². The summed E-state index contributed by atoms with van der Waals surface area (Å²) >= 11 is 0. The number of aliphatic hydroxyl groups is 1. The maximum absolute atomic E-state index is 13.2. The van der Waals surface area contributed by atoms with Crippen molar-refractivity contribution in [3.8, 4) is 11.1 Å². The molecule has 1 aromatic carbocycles. The highest BCUT2D eigenvalue weighted by Crippen LogP contribution is 2.37. The molecule has 0 amide bonds. The Bertz CT molecular complexity index is 969. The van der Waals surface area contributed by atoms with Crippen LogP contribution in [0.25, 0.3) is 22.0 Å². The summed E-state index contributed by atoms with van der Waals surface area (Å²) in [6.07, 6.45) is -0.520. The zero-order valence-corrected chi connectivity index (χ0v) is 13.8. The lowest BCUT2D eigenvalue weighted by Crippen LogP contribution is -2.22. The fourth-order valence-electron chi connectivity index (χ4n) is 3.12. The van der Waals surface area contributed by atoms with E-state index in [4.69, 9.17) is 0 Å². The number of hydrogen-bond donors (Lipinski definition) is 2. The number of halogens is 3. The van der Waals surface area contributed by atoms with Crippen molar-refractivity contribution in [3.63, 3.8) is 0 Å². The molecule has 9 heteroatoms. The van der Waals surface area contributed by atoms with Crippen LogP contribution in [0.4, 0.5) is 19.1 Å². The molecule has 2 aromatic heterocycles. The van der Waals surface area contributed by atoms with Crippen LogP contribution in [0.1, 0.15) is 17.7 Å². The Morgan fingerprint density at radius 2 is 2.00 bits per heavy atom. The van der Waals surface area contributed by atoms with Gasteiger partial charge in [0.1, 0.15) is 6.10 Å². The molecule has 0 bridgehead atoms. The number of anilines is 1. The number of rotatable bonds is 2. The van der Waals surface area contributed by atoms with Gasteiger partial charge < -0.3 is 10.0 Å². The van der Waals surface area contributed by atoms with Gasteiger partial charge in [-0.2, -0.15) is 18.3 Å². The quantitative estimate of drug-likeness (QED) is 0.730. The van der Waals surface area contributed by atoms with E-state index in [1.807, 2.05) is 4.90 Å². The van der Waals surface area contributed by atoms with Crippen molar-refractivity contribution < 1.29 is 18.3 Å². The molecular weight excluding hydrogens is 347 g/mol. The third kappa shape index (κ3) is 2.88. The molecule has 0 saturated carbocycles. The summed E-state index contributed by atoms with van der Waals surface area (Å²) < 4.78 is 39.7. The molecule has 0 unspecified atom stereocenters. The fourth-order valence-corrected chi connectivity index (χ4v) is 3.12. The van der Waals surface area contributed by atoms with Gasteiger partial charge in [-0.3, -0.25) is 5.10 Å². The third-order valence-corrected chi connectivity index (χ3v) is 4.47. The highest BCUT2D eigenvalue weighted by Gasteiger charge is 2.32. The first-order valence-corrected chi connectivity index (χ1v) is 8.00. The lowest BCUT2D eigenvalue weighted by atomic mass is 9.99. The Balaban J connectivity index is 1.81. The highest BCUT2D eigenvalue weighted by atomic mass is 19.4. The number of nitrogens with one attached hydrogen (secondary N) is 1. The lowest BCUT2D eigenvalue weighted by Gasteiger charge is -2.17. The molecule has 1 aliphatic heterocycles.